The third-order valence-corrected chi connectivity index (χ3v) is 5.03. The lowest BCUT2D eigenvalue weighted by Crippen LogP contribution is -2.40. The van der Waals surface area contributed by atoms with Gasteiger partial charge in [-0.15, -0.1) is 0 Å². The highest BCUT2D eigenvalue weighted by Gasteiger charge is 2.23. The van der Waals surface area contributed by atoms with Gasteiger partial charge < -0.3 is 11.1 Å². The summed E-state index contributed by atoms with van der Waals surface area (Å²) in [7, 11) is 0. The van der Waals surface area contributed by atoms with Gasteiger partial charge in [-0.05, 0) is 50.3 Å². The average molecular weight is 286 g/mol. The number of carbonyl (C=O) groups is 1. The number of carbonyl (C=O) groups excluding carboxylic acids is 1. The summed E-state index contributed by atoms with van der Waals surface area (Å²) in [5.74, 6) is 1.14. The summed E-state index contributed by atoms with van der Waals surface area (Å²) in [6, 6.07) is 0.385. The van der Waals surface area contributed by atoms with Crippen molar-refractivity contribution in [3.63, 3.8) is 0 Å². The zero-order chi connectivity index (χ0) is 14.3. The Morgan fingerprint density at radius 3 is 2.74 bits per heavy atom. The van der Waals surface area contributed by atoms with Crippen molar-refractivity contribution >= 4 is 17.7 Å². The van der Waals surface area contributed by atoms with Crippen LogP contribution in [0.3, 0.4) is 0 Å². The third kappa shape index (κ3) is 6.66. The van der Waals surface area contributed by atoms with Crippen LogP contribution < -0.4 is 11.1 Å². The lowest BCUT2D eigenvalue weighted by Gasteiger charge is -2.29. The highest BCUT2D eigenvalue weighted by molar-refractivity contribution is 7.99. The van der Waals surface area contributed by atoms with Crippen LogP contribution in [0.4, 0.5) is 0 Å². The lowest BCUT2D eigenvalue weighted by molar-refractivity contribution is -0.122. The van der Waals surface area contributed by atoms with Gasteiger partial charge in [0.15, 0.2) is 0 Å². The van der Waals surface area contributed by atoms with Gasteiger partial charge in [-0.1, -0.05) is 20.3 Å². The topological polar surface area (TPSA) is 55.1 Å². The molecule has 0 radical (unpaired) electrons. The fourth-order valence-corrected chi connectivity index (χ4v) is 3.80. The first-order chi connectivity index (χ1) is 9.05. The van der Waals surface area contributed by atoms with Gasteiger partial charge >= 0.3 is 0 Å². The Labute approximate surface area is 122 Å². The van der Waals surface area contributed by atoms with E-state index in [4.69, 9.17) is 5.73 Å². The number of rotatable bonds is 7. The highest BCUT2D eigenvalue weighted by atomic mass is 32.2. The van der Waals surface area contributed by atoms with E-state index < -0.39 is 0 Å². The number of hydrogen-bond donors (Lipinski definition) is 2. The second-order valence-electron chi connectivity index (χ2n) is 6.22. The van der Waals surface area contributed by atoms with E-state index in [-0.39, 0.29) is 5.91 Å². The smallest absolute Gasteiger partial charge is 0.220 e. The monoisotopic (exact) mass is 286 g/mol. The summed E-state index contributed by atoms with van der Waals surface area (Å²) < 4.78 is 0. The van der Waals surface area contributed by atoms with Gasteiger partial charge in [0.05, 0.1) is 0 Å². The minimum Gasteiger partial charge on any atom is -0.353 e. The van der Waals surface area contributed by atoms with E-state index in [9.17, 15) is 4.79 Å². The van der Waals surface area contributed by atoms with Crippen molar-refractivity contribution < 1.29 is 4.79 Å². The van der Waals surface area contributed by atoms with Crippen LogP contribution in [0.15, 0.2) is 0 Å². The minimum absolute atomic E-state index is 0.197. The Kier molecular flexibility index (Phi) is 7.84. The molecule has 3 nitrogen and oxygen atoms in total. The zero-order valence-electron chi connectivity index (χ0n) is 12.7. The van der Waals surface area contributed by atoms with E-state index in [1.165, 1.54) is 12.8 Å². The van der Waals surface area contributed by atoms with Gasteiger partial charge in [0.1, 0.15) is 0 Å². The number of nitrogens with one attached hydrogen (secondary N) is 1. The standard InChI is InChI=1S/C15H30N2OS/c1-11(2)7-12(10-16)8-15(18)17-13-5-4-6-14(9-13)19-3/h11-14H,4-10,16H2,1-3H3,(H,17,18). The molecule has 1 saturated carbocycles. The Balaban J connectivity index is 2.33. The summed E-state index contributed by atoms with van der Waals surface area (Å²) in [6.07, 6.45) is 8.61. The molecule has 3 unspecified atom stereocenters. The van der Waals surface area contributed by atoms with Crippen LogP contribution in [0.2, 0.25) is 0 Å². The molecule has 0 saturated heterocycles. The molecule has 0 bridgehead atoms. The first-order valence-electron chi connectivity index (χ1n) is 7.57. The summed E-state index contributed by atoms with van der Waals surface area (Å²) >= 11 is 1.93. The summed E-state index contributed by atoms with van der Waals surface area (Å²) in [4.78, 5) is 12.1. The molecule has 0 heterocycles. The SMILES string of the molecule is CSC1CCCC(NC(=O)CC(CN)CC(C)C)C1. The highest BCUT2D eigenvalue weighted by Crippen LogP contribution is 2.27. The Hall–Kier alpha value is -0.220. The molecule has 1 aliphatic rings. The fourth-order valence-electron chi connectivity index (χ4n) is 2.97. The van der Waals surface area contributed by atoms with E-state index in [2.05, 4.69) is 25.4 Å². The molecule has 112 valence electrons. The first-order valence-corrected chi connectivity index (χ1v) is 8.86. The average Bonchev–Trinajstić information content (AvgIpc) is 2.37. The maximum atomic E-state index is 12.1. The normalized spacial score (nSPS) is 25.3. The molecule has 0 aromatic heterocycles. The van der Waals surface area contributed by atoms with Crippen molar-refractivity contribution in [1.82, 2.24) is 5.32 Å². The molecule has 1 amide bonds. The van der Waals surface area contributed by atoms with Crippen molar-refractivity contribution in [2.45, 2.75) is 63.7 Å². The van der Waals surface area contributed by atoms with Crippen LogP contribution in [0.25, 0.3) is 0 Å². The van der Waals surface area contributed by atoms with E-state index in [0.717, 1.165) is 24.5 Å². The van der Waals surface area contributed by atoms with Crippen molar-refractivity contribution in [3.05, 3.63) is 0 Å². The molecule has 19 heavy (non-hydrogen) atoms. The van der Waals surface area contributed by atoms with Crippen LogP contribution in [0, 0.1) is 11.8 Å². The number of amides is 1. The van der Waals surface area contributed by atoms with Crippen LogP contribution in [0.1, 0.15) is 52.4 Å². The molecule has 1 aliphatic carbocycles. The first kappa shape index (κ1) is 16.8. The van der Waals surface area contributed by atoms with E-state index in [1.54, 1.807) is 0 Å². The van der Waals surface area contributed by atoms with Crippen LogP contribution in [-0.2, 0) is 4.79 Å². The summed E-state index contributed by atoms with van der Waals surface area (Å²) in [6.45, 7) is 4.99. The molecule has 1 fully saturated rings. The van der Waals surface area contributed by atoms with E-state index in [0.29, 0.717) is 30.8 Å². The summed E-state index contributed by atoms with van der Waals surface area (Å²) in [5, 5.41) is 3.94. The van der Waals surface area contributed by atoms with Crippen LogP contribution in [-0.4, -0.2) is 30.0 Å². The molecule has 0 aromatic rings. The molecule has 0 aromatic carbocycles. The van der Waals surface area contributed by atoms with Gasteiger partial charge in [-0.25, -0.2) is 0 Å². The molecular formula is C15H30N2OS. The van der Waals surface area contributed by atoms with E-state index >= 15 is 0 Å². The van der Waals surface area contributed by atoms with Gasteiger partial charge in [0.25, 0.3) is 0 Å². The molecule has 0 spiro atoms. The Morgan fingerprint density at radius 2 is 2.16 bits per heavy atom. The molecular weight excluding hydrogens is 256 g/mol. The lowest BCUT2D eigenvalue weighted by atomic mass is 9.92. The Bertz CT molecular complexity index is 271. The van der Waals surface area contributed by atoms with Gasteiger partial charge in [-0.3, -0.25) is 4.79 Å². The van der Waals surface area contributed by atoms with Crippen molar-refractivity contribution in [2.24, 2.45) is 17.6 Å². The van der Waals surface area contributed by atoms with Gasteiger partial charge in [0, 0.05) is 17.7 Å². The quantitative estimate of drug-likeness (QED) is 0.756. The molecule has 4 heteroatoms. The van der Waals surface area contributed by atoms with Crippen molar-refractivity contribution in [1.29, 1.82) is 0 Å². The largest absolute Gasteiger partial charge is 0.353 e. The second-order valence-corrected chi connectivity index (χ2v) is 7.36. The van der Waals surface area contributed by atoms with Gasteiger partial charge in [-0.2, -0.15) is 11.8 Å². The maximum Gasteiger partial charge on any atom is 0.220 e. The number of nitrogens with two attached hydrogens (primary N) is 1. The molecule has 1 rings (SSSR count). The van der Waals surface area contributed by atoms with E-state index in [1.807, 2.05) is 11.8 Å². The minimum atomic E-state index is 0.197. The molecule has 3 atom stereocenters. The van der Waals surface area contributed by atoms with Crippen molar-refractivity contribution in [3.8, 4) is 0 Å². The number of hydrogen-bond acceptors (Lipinski definition) is 3. The fraction of sp³-hybridized carbons (Fsp3) is 0.933. The third-order valence-electron chi connectivity index (χ3n) is 3.94. The van der Waals surface area contributed by atoms with Crippen molar-refractivity contribution in [2.75, 3.05) is 12.8 Å². The number of thioether (sulfide) groups is 1. The molecule has 0 aliphatic heterocycles. The van der Waals surface area contributed by atoms with Crippen LogP contribution in [0.5, 0.6) is 0 Å². The molecule has 3 N–H and O–H groups in total. The van der Waals surface area contributed by atoms with Gasteiger partial charge in [0.2, 0.25) is 5.91 Å². The van der Waals surface area contributed by atoms with Crippen LogP contribution >= 0.6 is 11.8 Å². The predicted molar refractivity (Wildman–Crippen MR) is 84.3 cm³/mol. The predicted octanol–water partition coefficient (Wildman–Crippen LogP) is 2.79. The Morgan fingerprint density at radius 1 is 1.42 bits per heavy atom. The second kappa shape index (κ2) is 8.85. The maximum absolute atomic E-state index is 12.1. The zero-order valence-corrected chi connectivity index (χ0v) is 13.5. The summed E-state index contributed by atoms with van der Waals surface area (Å²) in [5.41, 5.74) is 5.76.